The Balaban J connectivity index is 2.18. The SMILES string of the molecule is COCCN(CC(=O)O)C(=O)C1CCNc2ccccc21. The molecule has 1 heterocycles. The average molecular weight is 292 g/mol. The Morgan fingerprint density at radius 3 is 2.90 bits per heavy atom. The van der Waals surface area contributed by atoms with Gasteiger partial charge in [0.2, 0.25) is 5.91 Å². The van der Waals surface area contributed by atoms with Gasteiger partial charge in [-0.15, -0.1) is 0 Å². The standard InChI is InChI=1S/C15H20N2O4/c1-21-9-8-17(10-14(18)19)15(20)12-6-7-16-13-5-3-2-4-11(12)13/h2-5,12,16H,6-10H2,1H3,(H,18,19). The molecule has 1 aliphatic heterocycles. The summed E-state index contributed by atoms with van der Waals surface area (Å²) < 4.78 is 4.96. The molecule has 0 saturated heterocycles. The first kappa shape index (κ1) is 15.3. The van der Waals surface area contributed by atoms with Gasteiger partial charge in [-0.3, -0.25) is 9.59 Å². The smallest absolute Gasteiger partial charge is 0.323 e. The van der Waals surface area contributed by atoms with Crippen LogP contribution in [0.5, 0.6) is 0 Å². The fraction of sp³-hybridized carbons (Fsp3) is 0.467. The summed E-state index contributed by atoms with van der Waals surface area (Å²) in [6, 6.07) is 7.66. The number of benzene rings is 1. The normalized spacial score (nSPS) is 16.7. The Kier molecular flexibility index (Phi) is 5.16. The molecule has 1 unspecified atom stereocenters. The van der Waals surface area contributed by atoms with E-state index in [1.807, 2.05) is 24.3 Å². The predicted octanol–water partition coefficient (Wildman–Crippen LogP) is 1.15. The number of carbonyl (C=O) groups is 2. The van der Waals surface area contributed by atoms with Crippen LogP contribution >= 0.6 is 0 Å². The third-order valence-electron chi connectivity index (χ3n) is 3.59. The Hall–Kier alpha value is -2.08. The highest BCUT2D eigenvalue weighted by molar-refractivity contribution is 5.88. The first-order chi connectivity index (χ1) is 10.1. The second-order valence-corrected chi connectivity index (χ2v) is 5.00. The van der Waals surface area contributed by atoms with Crippen LogP contribution < -0.4 is 5.32 Å². The lowest BCUT2D eigenvalue weighted by Crippen LogP contribution is -2.42. The lowest BCUT2D eigenvalue weighted by molar-refractivity contribution is -0.145. The molecule has 6 nitrogen and oxygen atoms in total. The van der Waals surface area contributed by atoms with Crippen molar-refractivity contribution in [3.63, 3.8) is 0 Å². The maximum Gasteiger partial charge on any atom is 0.323 e. The summed E-state index contributed by atoms with van der Waals surface area (Å²) in [6.07, 6.45) is 0.666. The second kappa shape index (κ2) is 7.08. The molecule has 6 heteroatoms. The number of aliphatic carboxylic acids is 1. The number of hydrogen-bond acceptors (Lipinski definition) is 4. The largest absolute Gasteiger partial charge is 0.480 e. The van der Waals surface area contributed by atoms with Gasteiger partial charge in [0.15, 0.2) is 0 Å². The van der Waals surface area contributed by atoms with E-state index in [9.17, 15) is 9.59 Å². The molecule has 0 spiro atoms. The van der Waals surface area contributed by atoms with E-state index in [1.54, 1.807) is 0 Å². The summed E-state index contributed by atoms with van der Waals surface area (Å²) in [7, 11) is 1.53. The van der Waals surface area contributed by atoms with E-state index >= 15 is 0 Å². The van der Waals surface area contributed by atoms with Gasteiger partial charge >= 0.3 is 5.97 Å². The molecular formula is C15H20N2O4. The van der Waals surface area contributed by atoms with Crippen molar-refractivity contribution in [2.75, 3.05) is 38.7 Å². The Morgan fingerprint density at radius 1 is 1.43 bits per heavy atom. The van der Waals surface area contributed by atoms with Crippen LogP contribution in [-0.2, 0) is 14.3 Å². The summed E-state index contributed by atoms with van der Waals surface area (Å²) in [5.74, 6) is -1.45. The topological polar surface area (TPSA) is 78.9 Å². The Labute approximate surface area is 123 Å². The molecule has 2 rings (SSSR count). The van der Waals surface area contributed by atoms with Crippen molar-refractivity contribution in [2.45, 2.75) is 12.3 Å². The van der Waals surface area contributed by atoms with Crippen molar-refractivity contribution >= 4 is 17.6 Å². The van der Waals surface area contributed by atoms with Gasteiger partial charge < -0.3 is 20.1 Å². The summed E-state index contributed by atoms with van der Waals surface area (Å²) in [5, 5.41) is 12.2. The minimum Gasteiger partial charge on any atom is -0.480 e. The van der Waals surface area contributed by atoms with Crippen LogP contribution in [0.25, 0.3) is 0 Å². The van der Waals surface area contributed by atoms with E-state index in [2.05, 4.69) is 5.32 Å². The molecule has 1 amide bonds. The lowest BCUT2D eigenvalue weighted by atomic mass is 9.90. The maximum absolute atomic E-state index is 12.7. The number of nitrogens with one attached hydrogen (secondary N) is 1. The van der Waals surface area contributed by atoms with Crippen LogP contribution in [-0.4, -0.2) is 55.2 Å². The van der Waals surface area contributed by atoms with Crippen molar-refractivity contribution < 1.29 is 19.4 Å². The van der Waals surface area contributed by atoms with Crippen LogP contribution in [0.1, 0.15) is 17.9 Å². The van der Waals surface area contributed by atoms with Crippen LogP contribution in [0.15, 0.2) is 24.3 Å². The summed E-state index contributed by atoms with van der Waals surface area (Å²) in [4.78, 5) is 25.0. The predicted molar refractivity (Wildman–Crippen MR) is 78.4 cm³/mol. The fourth-order valence-electron chi connectivity index (χ4n) is 2.58. The van der Waals surface area contributed by atoms with Crippen LogP contribution in [0, 0.1) is 0 Å². The number of nitrogens with zero attached hydrogens (tertiary/aromatic N) is 1. The number of amides is 1. The van der Waals surface area contributed by atoms with E-state index in [-0.39, 0.29) is 24.9 Å². The van der Waals surface area contributed by atoms with E-state index in [0.29, 0.717) is 19.6 Å². The molecule has 21 heavy (non-hydrogen) atoms. The molecule has 0 aliphatic carbocycles. The van der Waals surface area contributed by atoms with Crippen LogP contribution in [0.4, 0.5) is 5.69 Å². The van der Waals surface area contributed by atoms with E-state index in [1.165, 1.54) is 12.0 Å². The van der Waals surface area contributed by atoms with E-state index in [0.717, 1.165) is 11.3 Å². The van der Waals surface area contributed by atoms with Crippen molar-refractivity contribution in [2.24, 2.45) is 0 Å². The van der Waals surface area contributed by atoms with Gasteiger partial charge in [-0.05, 0) is 18.1 Å². The molecule has 1 aromatic carbocycles. The number of carboxylic acid groups (broad SMARTS) is 1. The van der Waals surface area contributed by atoms with Crippen molar-refractivity contribution in [1.29, 1.82) is 0 Å². The summed E-state index contributed by atoms with van der Waals surface area (Å²) in [5.41, 5.74) is 1.88. The molecule has 1 aromatic rings. The third kappa shape index (κ3) is 3.72. The summed E-state index contributed by atoms with van der Waals surface area (Å²) >= 11 is 0. The maximum atomic E-state index is 12.7. The number of fused-ring (bicyclic) bond motifs is 1. The number of anilines is 1. The number of ether oxygens (including phenoxy) is 1. The molecule has 1 atom stereocenters. The summed E-state index contributed by atoms with van der Waals surface area (Å²) in [6.45, 7) is 1.02. The number of rotatable bonds is 6. The van der Waals surface area contributed by atoms with Crippen LogP contribution in [0.3, 0.4) is 0 Å². The highest BCUT2D eigenvalue weighted by Gasteiger charge is 2.30. The van der Waals surface area contributed by atoms with Gasteiger partial charge in [0, 0.05) is 25.9 Å². The van der Waals surface area contributed by atoms with Gasteiger partial charge in [0.25, 0.3) is 0 Å². The van der Waals surface area contributed by atoms with E-state index < -0.39 is 5.97 Å². The first-order valence-corrected chi connectivity index (χ1v) is 6.95. The molecule has 0 saturated carbocycles. The molecule has 1 aliphatic rings. The highest BCUT2D eigenvalue weighted by Crippen LogP contribution is 2.32. The van der Waals surface area contributed by atoms with Gasteiger partial charge in [-0.1, -0.05) is 18.2 Å². The third-order valence-corrected chi connectivity index (χ3v) is 3.59. The zero-order chi connectivity index (χ0) is 15.2. The molecule has 0 aromatic heterocycles. The fourth-order valence-corrected chi connectivity index (χ4v) is 2.58. The van der Waals surface area contributed by atoms with Gasteiger partial charge in [0.05, 0.1) is 12.5 Å². The number of para-hydroxylation sites is 1. The van der Waals surface area contributed by atoms with Crippen molar-refractivity contribution in [3.8, 4) is 0 Å². The molecule has 0 fully saturated rings. The van der Waals surface area contributed by atoms with Gasteiger partial charge in [-0.25, -0.2) is 0 Å². The Morgan fingerprint density at radius 2 is 2.19 bits per heavy atom. The van der Waals surface area contributed by atoms with Gasteiger partial charge in [-0.2, -0.15) is 0 Å². The minimum atomic E-state index is -1.01. The average Bonchev–Trinajstić information content (AvgIpc) is 2.50. The van der Waals surface area contributed by atoms with E-state index in [4.69, 9.17) is 9.84 Å². The molecule has 2 N–H and O–H groups in total. The number of methoxy groups -OCH3 is 1. The van der Waals surface area contributed by atoms with Crippen molar-refractivity contribution in [3.05, 3.63) is 29.8 Å². The first-order valence-electron chi connectivity index (χ1n) is 6.95. The van der Waals surface area contributed by atoms with Gasteiger partial charge in [0.1, 0.15) is 6.54 Å². The van der Waals surface area contributed by atoms with Crippen molar-refractivity contribution in [1.82, 2.24) is 4.90 Å². The Bertz CT molecular complexity index is 518. The quantitative estimate of drug-likeness (QED) is 0.822. The molecular weight excluding hydrogens is 272 g/mol. The highest BCUT2D eigenvalue weighted by atomic mass is 16.5. The minimum absolute atomic E-state index is 0.150. The second-order valence-electron chi connectivity index (χ2n) is 5.00. The molecule has 0 bridgehead atoms. The van der Waals surface area contributed by atoms with Crippen LogP contribution in [0.2, 0.25) is 0 Å². The monoisotopic (exact) mass is 292 g/mol. The number of carboxylic acids is 1. The molecule has 0 radical (unpaired) electrons. The lowest BCUT2D eigenvalue weighted by Gasteiger charge is -2.30. The zero-order valence-corrected chi connectivity index (χ0v) is 12.0. The zero-order valence-electron chi connectivity index (χ0n) is 12.0. The molecule has 114 valence electrons. The number of carbonyl (C=O) groups excluding carboxylic acids is 1. The number of hydrogen-bond donors (Lipinski definition) is 2.